The number of unbranched alkanes of at least 4 members (excludes halogenated alkanes) is 1. The first kappa shape index (κ1) is 19.5. The Hall–Kier alpha value is -2.44. The predicted molar refractivity (Wildman–Crippen MR) is 121 cm³/mol. The van der Waals surface area contributed by atoms with Crippen LogP contribution in [0.4, 0.5) is 10.1 Å². The molecule has 1 fully saturated rings. The van der Waals surface area contributed by atoms with Crippen molar-refractivity contribution >= 4 is 33.0 Å². The lowest BCUT2D eigenvalue weighted by Crippen LogP contribution is -2.46. The van der Waals surface area contributed by atoms with Gasteiger partial charge >= 0.3 is 0 Å². The number of hydrogen-bond donors (Lipinski definition) is 1. The minimum Gasteiger partial charge on any atom is -0.368 e. The van der Waals surface area contributed by atoms with Crippen molar-refractivity contribution in [2.75, 3.05) is 37.6 Å². The third-order valence-corrected chi connectivity index (χ3v) is 7.23. The smallest absolute Gasteiger partial charge is 0.251 e. The van der Waals surface area contributed by atoms with Gasteiger partial charge in [0.2, 0.25) is 0 Å². The van der Waals surface area contributed by atoms with Gasteiger partial charge in [-0.05, 0) is 61.2 Å². The number of nitrogens with zero attached hydrogens (tertiary/aromatic N) is 2. The Bertz CT molecular complexity index is 1070. The van der Waals surface area contributed by atoms with Gasteiger partial charge in [0.15, 0.2) is 0 Å². The second-order valence-corrected chi connectivity index (χ2v) is 9.13. The van der Waals surface area contributed by atoms with Crippen LogP contribution in [0.3, 0.4) is 0 Å². The largest absolute Gasteiger partial charge is 0.368 e. The monoisotopic (exact) mass is 423 g/mol. The molecule has 2 aliphatic rings. The summed E-state index contributed by atoms with van der Waals surface area (Å²) >= 11 is 1.69. The molecule has 2 aliphatic heterocycles. The summed E-state index contributed by atoms with van der Waals surface area (Å²) in [5, 5.41) is 6.08. The molecule has 1 saturated heterocycles. The predicted octanol–water partition coefficient (Wildman–Crippen LogP) is 4.43. The molecule has 5 rings (SSSR count). The highest BCUT2D eigenvalue weighted by Gasteiger charge is 2.20. The van der Waals surface area contributed by atoms with Crippen LogP contribution in [0.15, 0.2) is 41.8 Å². The molecule has 0 bridgehead atoms. The van der Waals surface area contributed by atoms with Crippen molar-refractivity contribution in [2.45, 2.75) is 25.8 Å². The van der Waals surface area contributed by atoms with Gasteiger partial charge in [0.1, 0.15) is 5.82 Å². The fourth-order valence-corrected chi connectivity index (χ4v) is 5.48. The lowest BCUT2D eigenvalue weighted by atomic mass is 10.0. The van der Waals surface area contributed by atoms with Crippen LogP contribution in [0.5, 0.6) is 0 Å². The maximum atomic E-state index is 13.7. The van der Waals surface area contributed by atoms with Crippen LogP contribution in [0, 0.1) is 5.82 Å². The highest BCUT2D eigenvalue weighted by Crippen LogP contribution is 2.34. The molecule has 0 radical (unpaired) electrons. The molecule has 4 nitrogen and oxygen atoms in total. The Morgan fingerprint density at radius 1 is 1.03 bits per heavy atom. The molecule has 3 aromatic rings. The zero-order chi connectivity index (χ0) is 20.5. The molecule has 30 heavy (non-hydrogen) atoms. The van der Waals surface area contributed by atoms with E-state index in [1.165, 1.54) is 17.3 Å². The fourth-order valence-electron chi connectivity index (χ4n) is 4.53. The summed E-state index contributed by atoms with van der Waals surface area (Å²) in [7, 11) is 0. The normalized spacial score (nSPS) is 16.8. The van der Waals surface area contributed by atoms with Gasteiger partial charge in [0.05, 0.1) is 5.69 Å². The maximum absolute atomic E-state index is 13.7. The van der Waals surface area contributed by atoms with E-state index in [0.717, 1.165) is 73.2 Å². The van der Waals surface area contributed by atoms with Gasteiger partial charge in [-0.25, -0.2) is 4.39 Å². The lowest BCUT2D eigenvalue weighted by molar-refractivity contribution is 0.0965. The minimum absolute atomic E-state index is 0.0610. The SMILES string of the molecule is O=C1NCc2ccc(CCCCN3CCN(c4csc5ccc(F)cc45)CC3)cc21. The molecule has 0 saturated carbocycles. The molecule has 0 unspecified atom stereocenters. The molecule has 156 valence electrons. The molecule has 0 spiro atoms. The van der Waals surface area contributed by atoms with E-state index < -0.39 is 0 Å². The molecule has 2 aromatic carbocycles. The van der Waals surface area contributed by atoms with Crippen LogP contribution in [-0.4, -0.2) is 43.5 Å². The number of rotatable bonds is 6. The van der Waals surface area contributed by atoms with Gasteiger partial charge in [-0.2, -0.15) is 0 Å². The molecular formula is C24H26FN3OS. The van der Waals surface area contributed by atoms with Gasteiger partial charge in [0, 0.05) is 53.8 Å². The van der Waals surface area contributed by atoms with Crippen molar-refractivity contribution in [2.24, 2.45) is 0 Å². The third-order valence-electron chi connectivity index (χ3n) is 6.28. The van der Waals surface area contributed by atoms with E-state index in [1.807, 2.05) is 6.07 Å². The Labute approximate surface area is 180 Å². The first-order valence-corrected chi connectivity index (χ1v) is 11.6. The van der Waals surface area contributed by atoms with Gasteiger partial charge < -0.3 is 10.2 Å². The van der Waals surface area contributed by atoms with Crippen LogP contribution in [0.2, 0.25) is 0 Å². The van der Waals surface area contributed by atoms with Gasteiger partial charge in [-0.1, -0.05) is 12.1 Å². The quantitative estimate of drug-likeness (QED) is 0.596. The molecule has 0 atom stereocenters. The van der Waals surface area contributed by atoms with E-state index in [2.05, 4.69) is 38.7 Å². The molecule has 1 N–H and O–H groups in total. The average molecular weight is 424 g/mol. The van der Waals surface area contributed by atoms with E-state index in [9.17, 15) is 9.18 Å². The van der Waals surface area contributed by atoms with E-state index in [4.69, 9.17) is 0 Å². The van der Waals surface area contributed by atoms with Crippen molar-refractivity contribution in [1.29, 1.82) is 0 Å². The van der Waals surface area contributed by atoms with Gasteiger partial charge in [0.25, 0.3) is 5.91 Å². The summed E-state index contributed by atoms with van der Waals surface area (Å²) in [5.74, 6) is -0.101. The first-order chi connectivity index (χ1) is 14.7. The van der Waals surface area contributed by atoms with Crippen LogP contribution in [0.25, 0.3) is 10.1 Å². The number of benzene rings is 2. The highest BCUT2D eigenvalue weighted by molar-refractivity contribution is 7.17. The minimum atomic E-state index is -0.162. The second-order valence-electron chi connectivity index (χ2n) is 8.22. The van der Waals surface area contributed by atoms with Crippen molar-refractivity contribution in [1.82, 2.24) is 10.2 Å². The number of hydrogen-bond acceptors (Lipinski definition) is 4. The number of nitrogens with one attached hydrogen (secondary N) is 1. The zero-order valence-electron chi connectivity index (χ0n) is 17.0. The molecular weight excluding hydrogens is 397 g/mol. The van der Waals surface area contributed by atoms with Crippen LogP contribution in [-0.2, 0) is 13.0 Å². The molecule has 1 amide bonds. The Morgan fingerprint density at radius 2 is 1.90 bits per heavy atom. The summed E-state index contributed by atoms with van der Waals surface area (Å²) in [6.07, 6.45) is 3.32. The number of halogens is 1. The van der Waals surface area contributed by atoms with Crippen molar-refractivity contribution in [3.8, 4) is 0 Å². The molecule has 6 heteroatoms. The van der Waals surface area contributed by atoms with Crippen molar-refractivity contribution < 1.29 is 9.18 Å². The number of piperazine rings is 1. The molecule has 3 heterocycles. The summed E-state index contributed by atoms with van der Waals surface area (Å²) in [5.41, 5.74) is 4.40. The topological polar surface area (TPSA) is 35.6 Å². The Kier molecular flexibility index (Phi) is 5.44. The van der Waals surface area contributed by atoms with Crippen molar-refractivity contribution in [3.63, 3.8) is 0 Å². The fraction of sp³-hybridized carbons (Fsp3) is 0.375. The highest BCUT2D eigenvalue weighted by atomic mass is 32.1. The maximum Gasteiger partial charge on any atom is 0.251 e. The van der Waals surface area contributed by atoms with Gasteiger partial charge in [-0.3, -0.25) is 9.69 Å². The molecule has 1 aromatic heterocycles. The number of thiophene rings is 1. The van der Waals surface area contributed by atoms with Crippen LogP contribution in [0.1, 0.15) is 34.3 Å². The van der Waals surface area contributed by atoms with Crippen LogP contribution < -0.4 is 10.2 Å². The average Bonchev–Trinajstić information content (AvgIpc) is 3.35. The van der Waals surface area contributed by atoms with E-state index in [0.29, 0.717) is 6.54 Å². The summed E-state index contributed by atoms with van der Waals surface area (Å²) in [6.45, 7) is 5.84. The molecule has 0 aliphatic carbocycles. The summed E-state index contributed by atoms with van der Waals surface area (Å²) in [4.78, 5) is 16.7. The number of anilines is 1. The van der Waals surface area contributed by atoms with E-state index in [1.54, 1.807) is 17.4 Å². The Morgan fingerprint density at radius 3 is 2.77 bits per heavy atom. The zero-order valence-corrected chi connectivity index (χ0v) is 17.8. The number of carbonyl (C=O) groups excluding carboxylic acids is 1. The first-order valence-electron chi connectivity index (χ1n) is 10.7. The number of amides is 1. The summed E-state index contributed by atoms with van der Waals surface area (Å²) in [6, 6.07) is 11.4. The standard InChI is InChI=1S/C24H26FN3OS/c25-19-6-7-23-21(14-19)22(16-30-23)28-11-9-27(10-12-28)8-2-1-3-17-4-5-18-15-26-24(29)20(18)13-17/h4-7,13-14,16H,1-3,8-12,15H2,(H,26,29). The number of aryl methyl sites for hydroxylation is 1. The number of fused-ring (bicyclic) bond motifs is 2. The van der Waals surface area contributed by atoms with Crippen molar-refractivity contribution in [3.05, 3.63) is 64.3 Å². The van der Waals surface area contributed by atoms with Crippen LogP contribution >= 0.6 is 11.3 Å². The van der Waals surface area contributed by atoms with E-state index >= 15 is 0 Å². The third kappa shape index (κ3) is 3.94. The van der Waals surface area contributed by atoms with Gasteiger partial charge in [-0.15, -0.1) is 11.3 Å². The summed E-state index contributed by atoms with van der Waals surface area (Å²) < 4.78 is 14.8. The lowest BCUT2D eigenvalue weighted by Gasteiger charge is -2.35. The van der Waals surface area contributed by atoms with E-state index in [-0.39, 0.29) is 11.7 Å². The second kappa shape index (κ2) is 8.36. The Balaban J connectivity index is 1.09. The number of carbonyl (C=O) groups is 1.